The number of nitrogens with one attached hydrogen (secondary N) is 3. The molecular formula is C30H36F3N7O8. The number of quaternary nitrogens is 1. The molecule has 0 aliphatic carbocycles. The highest BCUT2D eigenvalue weighted by atomic mass is 19.4. The lowest BCUT2D eigenvalue weighted by atomic mass is 10.00. The van der Waals surface area contributed by atoms with Crippen molar-refractivity contribution in [3.05, 3.63) is 65.5 Å². The van der Waals surface area contributed by atoms with E-state index in [2.05, 4.69) is 37.9 Å². The number of phenols is 2. The first-order valence-electron chi connectivity index (χ1n) is 14.5. The van der Waals surface area contributed by atoms with Crippen molar-refractivity contribution in [3.8, 4) is 11.5 Å². The first-order valence-corrected chi connectivity index (χ1v) is 14.5. The smallest absolute Gasteiger partial charge is 0.430 e. The zero-order valence-electron chi connectivity index (χ0n) is 26.3. The molecule has 4 rings (SSSR count). The molecule has 0 radical (unpaired) electrons. The summed E-state index contributed by atoms with van der Waals surface area (Å²) >= 11 is 0. The Kier molecular flexibility index (Phi) is 12.3. The molecule has 0 saturated carbocycles. The fourth-order valence-corrected chi connectivity index (χ4v) is 5.17. The molecule has 1 aromatic heterocycles. The zero-order chi connectivity index (χ0) is 35.6. The number of carbonyl (C=O) groups excluding carboxylic acids is 4. The first kappa shape index (κ1) is 37.1. The van der Waals surface area contributed by atoms with Crippen molar-refractivity contribution in [2.24, 2.45) is 7.05 Å². The van der Waals surface area contributed by atoms with E-state index in [1.54, 1.807) is 24.3 Å². The number of esters is 1. The van der Waals surface area contributed by atoms with Gasteiger partial charge >= 0.3 is 18.2 Å². The van der Waals surface area contributed by atoms with Gasteiger partial charge in [-0.1, -0.05) is 24.3 Å². The summed E-state index contributed by atoms with van der Waals surface area (Å²) in [6.45, 7) is 2.34. The second kappa shape index (κ2) is 15.9. The predicted octanol–water partition coefficient (Wildman–Crippen LogP) is 0.970. The Labute approximate surface area is 272 Å². The van der Waals surface area contributed by atoms with Crippen LogP contribution in [0.3, 0.4) is 0 Å². The Morgan fingerprint density at radius 2 is 1.75 bits per heavy atom. The highest BCUT2D eigenvalue weighted by Crippen LogP contribution is 2.23. The third-order valence-electron chi connectivity index (χ3n) is 7.43. The zero-order valence-corrected chi connectivity index (χ0v) is 26.3. The molecule has 1 saturated heterocycles. The largest absolute Gasteiger partial charge is 0.542 e. The molecule has 15 nitrogen and oxygen atoms in total. The van der Waals surface area contributed by atoms with Crippen LogP contribution >= 0.6 is 0 Å². The number of ether oxygens (including phenoxy) is 1. The van der Waals surface area contributed by atoms with E-state index in [4.69, 9.17) is 9.90 Å². The maximum Gasteiger partial charge on any atom is 0.430 e. The number of hydrogen-bond acceptors (Lipinski definition) is 10. The van der Waals surface area contributed by atoms with Crippen LogP contribution in [0.25, 0.3) is 0 Å². The van der Waals surface area contributed by atoms with Gasteiger partial charge in [-0.05, 0) is 42.7 Å². The highest BCUT2D eigenvalue weighted by Gasteiger charge is 2.34. The number of nitrogens with zero attached hydrogens (tertiary/aromatic N) is 4. The number of halogens is 3. The van der Waals surface area contributed by atoms with Crippen LogP contribution in [0.4, 0.5) is 23.9 Å². The number of anilines is 1. The predicted molar refractivity (Wildman–Crippen MR) is 160 cm³/mol. The number of benzene rings is 2. The number of alkyl halides is 3. The number of aromatic hydroxyl groups is 2. The van der Waals surface area contributed by atoms with Gasteiger partial charge in [-0.25, -0.2) is 9.59 Å². The van der Waals surface area contributed by atoms with E-state index >= 15 is 0 Å². The minimum atomic E-state index is -5.19. The number of amides is 3. The molecule has 2 heterocycles. The molecule has 3 atom stereocenters. The van der Waals surface area contributed by atoms with E-state index in [-0.39, 0.29) is 41.6 Å². The van der Waals surface area contributed by atoms with E-state index in [0.717, 1.165) is 30.5 Å². The first-order chi connectivity index (χ1) is 22.5. The molecule has 3 aromatic rings. The van der Waals surface area contributed by atoms with Gasteiger partial charge in [0.25, 0.3) is 0 Å². The van der Waals surface area contributed by atoms with Gasteiger partial charge in [0.15, 0.2) is 0 Å². The number of likely N-dealkylation sites (tertiary alicyclic amines) is 1. The molecule has 0 spiro atoms. The van der Waals surface area contributed by atoms with Crippen molar-refractivity contribution in [2.75, 3.05) is 32.6 Å². The van der Waals surface area contributed by atoms with Gasteiger partial charge in [-0.15, -0.1) is 10.2 Å². The van der Waals surface area contributed by atoms with Crippen molar-refractivity contribution < 1.29 is 56.9 Å². The molecule has 1 aliphatic rings. The fourth-order valence-electron chi connectivity index (χ4n) is 5.17. The summed E-state index contributed by atoms with van der Waals surface area (Å²) in [6, 6.07) is 11.8. The molecule has 1 unspecified atom stereocenters. The lowest BCUT2D eigenvalue weighted by Crippen LogP contribution is -2.59. The van der Waals surface area contributed by atoms with Gasteiger partial charge in [0.2, 0.25) is 17.7 Å². The number of hydrogen-bond donors (Lipinski definition) is 5. The minimum Gasteiger partial charge on any atom is -0.542 e. The average molecular weight is 680 g/mol. The van der Waals surface area contributed by atoms with E-state index in [1.165, 1.54) is 30.9 Å². The van der Waals surface area contributed by atoms with Gasteiger partial charge in [0, 0.05) is 19.0 Å². The molecule has 0 bridgehead atoms. The summed E-state index contributed by atoms with van der Waals surface area (Å²) in [5.41, 5.74) is 1.75. The summed E-state index contributed by atoms with van der Waals surface area (Å²) < 4.78 is 38.2. The molecule has 2 aromatic carbocycles. The minimum absolute atomic E-state index is 0.000938. The van der Waals surface area contributed by atoms with Gasteiger partial charge < -0.3 is 40.0 Å². The number of carbonyl (C=O) groups is 4. The van der Waals surface area contributed by atoms with Gasteiger partial charge in [0.05, 0.1) is 33.3 Å². The topological polar surface area (TPSA) is 208 Å². The summed E-state index contributed by atoms with van der Waals surface area (Å²) in [4.78, 5) is 47.1. The van der Waals surface area contributed by atoms with E-state index in [0.29, 0.717) is 17.6 Å². The van der Waals surface area contributed by atoms with Crippen molar-refractivity contribution in [2.45, 2.75) is 44.1 Å². The maximum absolute atomic E-state index is 13.5. The van der Waals surface area contributed by atoms with Crippen LogP contribution < -0.4 is 21.1 Å². The number of aliphatic carboxylic acids is 1. The van der Waals surface area contributed by atoms with E-state index < -0.39 is 30.2 Å². The standard InChI is InChI=1S/C28H35N7O6.C2HF3O2/c1-34-24(26(39)41-3)32-33-27(34)31-28(40)30-23(15-18-9-11-21(36)12-10-18)25(38)29-20-7-5-13-35(2,17-20)16-19-6-4-8-22(37)14-19;3-2(4,5)1(6)7/h4,6,8-12,14,20,23H,5,7,13,15-17H2,1-3H3,(H4-,29,30,31,33,36,37,38,39,40);(H,6,7)/t20-,23-,35?;/m0./s1. The molecular weight excluding hydrogens is 643 g/mol. The Morgan fingerprint density at radius 1 is 1.08 bits per heavy atom. The lowest BCUT2D eigenvalue weighted by Gasteiger charge is -2.42. The second-order valence-corrected chi connectivity index (χ2v) is 11.4. The monoisotopic (exact) mass is 679 g/mol. The number of urea groups is 1. The average Bonchev–Trinajstić information content (AvgIpc) is 3.36. The van der Waals surface area contributed by atoms with Crippen molar-refractivity contribution in [1.82, 2.24) is 25.4 Å². The number of likely N-dealkylation sites (N-methyl/N-ethyl adjacent to an activating group) is 1. The summed E-state index contributed by atoms with van der Waals surface area (Å²) in [6.07, 6.45) is -3.31. The number of methoxy groups -OCH3 is 1. The maximum atomic E-state index is 13.5. The quantitative estimate of drug-likeness (QED) is 0.160. The van der Waals surface area contributed by atoms with Crippen LogP contribution in [-0.4, -0.2) is 98.8 Å². The van der Waals surface area contributed by atoms with Crippen molar-refractivity contribution in [1.29, 1.82) is 0 Å². The SMILES string of the molecule is COC(=O)c1nnc(NC(=O)N[C@@H](Cc2ccc(O)cc2)C(=O)N[C@H]2CCC[N+](C)(Cc3cccc(O)c3)C2)n1C.O=C([O-])C(F)(F)F. The molecule has 5 N–H and O–H groups in total. The number of rotatable bonds is 9. The number of carboxylic acid groups (broad SMARTS) is 1. The van der Waals surface area contributed by atoms with Crippen LogP contribution in [0, 0.1) is 0 Å². The van der Waals surface area contributed by atoms with Crippen LogP contribution in [0.1, 0.15) is 34.6 Å². The van der Waals surface area contributed by atoms with Gasteiger partial charge in [-0.3, -0.25) is 14.7 Å². The second-order valence-electron chi connectivity index (χ2n) is 11.4. The normalized spacial score (nSPS) is 18.0. The van der Waals surface area contributed by atoms with Gasteiger partial charge in [0.1, 0.15) is 30.1 Å². The van der Waals surface area contributed by atoms with E-state index in [1.807, 2.05) is 12.1 Å². The highest BCUT2D eigenvalue weighted by molar-refractivity contribution is 5.93. The molecule has 1 fully saturated rings. The van der Waals surface area contributed by atoms with Crippen molar-refractivity contribution >= 4 is 29.8 Å². The Morgan fingerprint density at radius 3 is 2.35 bits per heavy atom. The summed E-state index contributed by atoms with van der Waals surface area (Å²) in [7, 11) is 4.84. The number of phenolic OH excluding ortho intramolecular Hbond substituents is 2. The van der Waals surface area contributed by atoms with E-state index in [9.17, 15) is 37.8 Å². The van der Waals surface area contributed by atoms with Crippen LogP contribution in [0.2, 0.25) is 0 Å². The van der Waals surface area contributed by atoms with Gasteiger partial charge in [-0.2, -0.15) is 13.2 Å². The Balaban J connectivity index is 0.000000804. The van der Waals surface area contributed by atoms with Crippen LogP contribution in [-0.2, 0) is 34.3 Å². The molecule has 3 amide bonds. The fraction of sp³-hybridized carbons (Fsp3) is 0.400. The molecule has 1 aliphatic heterocycles. The van der Waals surface area contributed by atoms with Crippen LogP contribution in [0.5, 0.6) is 11.5 Å². The number of aromatic nitrogens is 3. The van der Waals surface area contributed by atoms with Crippen molar-refractivity contribution in [3.63, 3.8) is 0 Å². The number of piperidine rings is 1. The summed E-state index contributed by atoms with van der Waals surface area (Å²) in [5.74, 6) is -3.84. The molecule has 18 heteroatoms. The summed E-state index contributed by atoms with van der Waals surface area (Å²) in [5, 5.41) is 44.2. The Hall–Kier alpha value is -5.39. The third-order valence-corrected chi connectivity index (χ3v) is 7.43. The lowest BCUT2D eigenvalue weighted by molar-refractivity contribution is -0.927. The Bertz CT molecular complexity index is 1600. The third kappa shape index (κ3) is 10.9. The molecule has 260 valence electrons. The number of carboxylic acids is 1. The molecule has 48 heavy (non-hydrogen) atoms. The van der Waals surface area contributed by atoms with Crippen LogP contribution in [0.15, 0.2) is 48.5 Å².